The Labute approximate surface area is 356 Å². The average molecular weight is 991 g/mol. The molecule has 0 aliphatic rings. The zero-order valence-corrected chi connectivity index (χ0v) is 43.5. The molecule has 0 amide bonds. The zero-order valence-electron chi connectivity index (χ0n) is 35.5. The van der Waals surface area contributed by atoms with Crippen molar-refractivity contribution in [1.29, 1.82) is 0 Å². The SMILES string of the molecule is CCCCCC[PH](=O)[O-].CCCCCC[PH](=O)[O-].CCCCCC[PH](=O)[O-].CCCCCC[PH](=O)[O-].CCCCCC[PH](=O)[O-].CCCCCC[PH](=O)[O-].[Mo+6]. The van der Waals surface area contributed by atoms with Crippen LogP contribution in [0.1, 0.15) is 196 Å². The van der Waals surface area contributed by atoms with E-state index in [0.29, 0.717) is 37.0 Å². The van der Waals surface area contributed by atoms with E-state index in [2.05, 4.69) is 41.5 Å². The van der Waals surface area contributed by atoms with Gasteiger partial charge in [0, 0.05) is 48.2 Å². The van der Waals surface area contributed by atoms with Crippen LogP contribution < -0.4 is 29.4 Å². The molecule has 0 saturated carbocycles. The number of unbranched alkanes of at least 4 members (excludes halogenated alkanes) is 18. The van der Waals surface area contributed by atoms with Crippen LogP contribution in [0.25, 0.3) is 0 Å². The van der Waals surface area contributed by atoms with Gasteiger partial charge in [0.1, 0.15) is 0 Å². The summed E-state index contributed by atoms with van der Waals surface area (Å²) in [6.45, 7) is 12.7. The molecule has 0 spiro atoms. The van der Waals surface area contributed by atoms with E-state index in [1.54, 1.807) is 0 Å². The monoisotopic (exact) mass is 992 g/mol. The molecular formula is C36H84MoO12P6. The Morgan fingerprint density at radius 3 is 0.418 bits per heavy atom. The summed E-state index contributed by atoms with van der Waals surface area (Å²) in [6, 6.07) is 0. The average Bonchev–Trinajstić information content (AvgIpc) is 3.10. The van der Waals surface area contributed by atoms with Crippen LogP contribution in [-0.4, -0.2) is 37.0 Å². The van der Waals surface area contributed by atoms with Gasteiger partial charge >= 0.3 is 21.1 Å². The molecule has 0 saturated heterocycles. The molecule has 55 heavy (non-hydrogen) atoms. The van der Waals surface area contributed by atoms with E-state index in [9.17, 15) is 56.8 Å². The summed E-state index contributed by atoms with van der Waals surface area (Å²) in [5.74, 6) is 0. The van der Waals surface area contributed by atoms with Gasteiger partial charge in [-0.1, -0.05) is 157 Å². The predicted molar refractivity (Wildman–Crippen MR) is 228 cm³/mol. The maximum atomic E-state index is 10.0. The van der Waals surface area contributed by atoms with Crippen molar-refractivity contribution in [2.24, 2.45) is 0 Å². The third kappa shape index (κ3) is 113. The van der Waals surface area contributed by atoms with Crippen LogP contribution in [0.5, 0.6) is 0 Å². The van der Waals surface area contributed by atoms with Gasteiger partial charge in [0.05, 0.1) is 0 Å². The van der Waals surface area contributed by atoms with Crippen LogP contribution >= 0.6 is 48.2 Å². The molecule has 0 aliphatic heterocycles. The van der Waals surface area contributed by atoms with E-state index in [4.69, 9.17) is 0 Å². The number of rotatable bonds is 30. The molecule has 0 N–H and O–H groups in total. The molecule has 0 aromatic rings. The van der Waals surface area contributed by atoms with E-state index in [-0.39, 0.29) is 21.1 Å². The molecule has 0 rings (SSSR count). The van der Waals surface area contributed by atoms with Crippen molar-refractivity contribution in [2.45, 2.75) is 196 Å². The smallest absolute Gasteiger partial charge is 0.802 e. The van der Waals surface area contributed by atoms with Crippen molar-refractivity contribution in [1.82, 2.24) is 0 Å². The summed E-state index contributed by atoms with van der Waals surface area (Å²) in [4.78, 5) is 60.2. The molecule has 0 aliphatic carbocycles. The first-order valence-corrected chi connectivity index (χ1v) is 30.0. The fourth-order valence-corrected chi connectivity index (χ4v) is 7.41. The van der Waals surface area contributed by atoms with Gasteiger partial charge < -0.3 is 56.8 Å². The fraction of sp³-hybridized carbons (Fsp3) is 1.00. The second-order valence-electron chi connectivity index (χ2n) is 13.1. The van der Waals surface area contributed by atoms with Crippen LogP contribution in [0.3, 0.4) is 0 Å². The summed E-state index contributed by atoms with van der Waals surface area (Å²) in [7, 11) is -14.5. The third-order valence-corrected chi connectivity index (χ3v) is 12.0. The first-order chi connectivity index (χ1) is 25.6. The van der Waals surface area contributed by atoms with Crippen molar-refractivity contribution in [3.05, 3.63) is 0 Å². The van der Waals surface area contributed by atoms with Crippen molar-refractivity contribution in [3.8, 4) is 0 Å². The molecular weight excluding hydrogens is 906 g/mol. The molecule has 0 aromatic heterocycles. The Hall–Kier alpha value is 1.83. The van der Waals surface area contributed by atoms with Crippen LogP contribution in [-0.2, 0) is 48.5 Å². The molecule has 0 heterocycles. The van der Waals surface area contributed by atoms with Crippen LogP contribution in [0, 0.1) is 0 Å². The Balaban J connectivity index is -0.000000100. The molecule has 0 aromatic carbocycles. The van der Waals surface area contributed by atoms with Crippen molar-refractivity contribution < 1.29 is 77.8 Å². The van der Waals surface area contributed by atoms with Crippen LogP contribution in [0.15, 0.2) is 0 Å². The quantitative estimate of drug-likeness (QED) is 0.0374. The van der Waals surface area contributed by atoms with Crippen LogP contribution in [0.4, 0.5) is 0 Å². The second-order valence-corrected chi connectivity index (χ2v) is 20.6. The van der Waals surface area contributed by atoms with Crippen LogP contribution in [0.2, 0.25) is 0 Å². The Kier molecular flexibility index (Phi) is 87.7. The Bertz CT molecular complexity index is 677. The van der Waals surface area contributed by atoms with Gasteiger partial charge in [0.15, 0.2) is 0 Å². The maximum Gasteiger partial charge on any atom is 6.00 e. The van der Waals surface area contributed by atoms with E-state index < -0.39 is 48.2 Å². The molecule has 0 radical (unpaired) electrons. The summed E-state index contributed by atoms with van der Waals surface area (Å²) in [5, 5.41) is 0. The Morgan fingerprint density at radius 1 is 0.236 bits per heavy atom. The minimum atomic E-state index is -2.42. The van der Waals surface area contributed by atoms with Gasteiger partial charge in [-0.2, -0.15) is 0 Å². The third-order valence-electron chi connectivity index (χ3n) is 7.41. The van der Waals surface area contributed by atoms with Gasteiger partial charge in [-0.25, -0.2) is 0 Å². The molecule has 336 valence electrons. The van der Waals surface area contributed by atoms with Gasteiger partial charge in [-0.15, -0.1) is 0 Å². The zero-order chi connectivity index (χ0) is 42.7. The Morgan fingerprint density at radius 2 is 0.345 bits per heavy atom. The van der Waals surface area contributed by atoms with Gasteiger partial charge in [0.2, 0.25) is 0 Å². The predicted octanol–water partition coefficient (Wildman–Crippen LogP) is 8.41. The van der Waals surface area contributed by atoms with Crippen molar-refractivity contribution >= 4 is 48.2 Å². The van der Waals surface area contributed by atoms with E-state index in [1.807, 2.05) is 0 Å². The topological polar surface area (TPSA) is 241 Å². The molecule has 6 unspecified atom stereocenters. The first kappa shape index (κ1) is 71.3. The molecule has 12 nitrogen and oxygen atoms in total. The summed E-state index contributed by atoms with van der Waals surface area (Å²) < 4.78 is 60.2. The van der Waals surface area contributed by atoms with E-state index in [1.165, 1.54) is 38.5 Å². The largest absolute Gasteiger partial charge is 6.00 e. The molecule has 6 atom stereocenters. The van der Waals surface area contributed by atoms with Gasteiger partial charge in [-0.05, 0) is 75.5 Å². The molecule has 0 bridgehead atoms. The summed E-state index contributed by atoms with van der Waals surface area (Å²) in [6.07, 6.45) is 27.9. The molecule has 0 fully saturated rings. The van der Waals surface area contributed by atoms with Crippen molar-refractivity contribution in [2.75, 3.05) is 37.0 Å². The normalized spacial score (nSPS) is 13.3. The van der Waals surface area contributed by atoms with E-state index in [0.717, 1.165) is 116 Å². The van der Waals surface area contributed by atoms with Crippen molar-refractivity contribution in [3.63, 3.8) is 0 Å². The minimum Gasteiger partial charge on any atom is -0.802 e. The number of hydrogen-bond acceptors (Lipinski definition) is 12. The second kappa shape index (κ2) is 67.6. The van der Waals surface area contributed by atoms with E-state index >= 15 is 0 Å². The standard InChI is InChI=1S/6C6H15O2P.Mo/c6*1-2-3-4-5-6-9(7)8;/h6*9H,2-6H2,1H3,(H,7,8);/q;;;;;;+6/p-6. The summed E-state index contributed by atoms with van der Waals surface area (Å²) in [5.41, 5.74) is 0. The van der Waals surface area contributed by atoms with Gasteiger partial charge in [-0.3, -0.25) is 0 Å². The summed E-state index contributed by atoms with van der Waals surface area (Å²) >= 11 is 0. The number of hydrogen-bond donors (Lipinski definition) is 0. The minimum absolute atomic E-state index is 0. The maximum absolute atomic E-state index is 10.0. The molecule has 19 heteroatoms. The fourth-order valence-electron chi connectivity index (χ4n) is 4.18. The first-order valence-electron chi connectivity index (χ1n) is 20.8. The van der Waals surface area contributed by atoms with Gasteiger partial charge in [0.25, 0.3) is 0 Å².